The summed E-state index contributed by atoms with van der Waals surface area (Å²) in [5, 5.41) is 6.44. The van der Waals surface area contributed by atoms with Gasteiger partial charge in [0.25, 0.3) is 0 Å². The lowest BCUT2D eigenvalue weighted by Crippen LogP contribution is -2.39. The Bertz CT molecular complexity index is 481. The summed E-state index contributed by atoms with van der Waals surface area (Å²) in [7, 11) is 2.03. The number of likely N-dealkylation sites (N-methyl/N-ethyl adjacent to an activating group) is 1. The van der Waals surface area contributed by atoms with Crippen LogP contribution in [0, 0.1) is 19.8 Å². The van der Waals surface area contributed by atoms with Gasteiger partial charge in [-0.2, -0.15) is 0 Å². The Balaban J connectivity index is 1.82. The van der Waals surface area contributed by atoms with Gasteiger partial charge >= 0.3 is 0 Å². The molecular weight excluding hydrogens is 262 g/mol. The van der Waals surface area contributed by atoms with Crippen LogP contribution in [0.3, 0.4) is 0 Å². The van der Waals surface area contributed by atoms with E-state index in [0.717, 1.165) is 30.9 Å². The van der Waals surface area contributed by atoms with Crippen LogP contribution in [0.15, 0.2) is 18.2 Å². The van der Waals surface area contributed by atoms with Crippen molar-refractivity contribution in [2.75, 3.05) is 38.5 Å². The van der Waals surface area contributed by atoms with Gasteiger partial charge in [0, 0.05) is 12.2 Å². The van der Waals surface area contributed by atoms with Gasteiger partial charge < -0.3 is 10.6 Å². The number of anilines is 1. The fourth-order valence-electron chi connectivity index (χ4n) is 2.91. The summed E-state index contributed by atoms with van der Waals surface area (Å²) < 4.78 is 0. The van der Waals surface area contributed by atoms with E-state index in [1.807, 2.05) is 26.1 Å². The summed E-state index contributed by atoms with van der Waals surface area (Å²) in [5.41, 5.74) is 3.27. The standard InChI is InChI=1S/C17H27N3O/c1-13-6-4-8-16(14(13)2)19-17(21)12-20(3)11-15-7-5-9-18-10-15/h4,6,8,15,18H,5,7,9-12H2,1-3H3,(H,19,21). The molecule has 1 aliphatic heterocycles. The van der Waals surface area contributed by atoms with Crippen molar-refractivity contribution < 1.29 is 4.79 Å². The lowest BCUT2D eigenvalue weighted by molar-refractivity contribution is -0.117. The number of aryl methyl sites for hydroxylation is 1. The third-order valence-corrected chi connectivity index (χ3v) is 4.26. The lowest BCUT2D eigenvalue weighted by atomic mass is 9.99. The first-order chi connectivity index (χ1) is 10.1. The van der Waals surface area contributed by atoms with Gasteiger partial charge in [0.1, 0.15) is 0 Å². The average molecular weight is 289 g/mol. The van der Waals surface area contributed by atoms with E-state index in [4.69, 9.17) is 0 Å². The van der Waals surface area contributed by atoms with Crippen molar-refractivity contribution in [2.45, 2.75) is 26.7 Å². The van der Waals surface area contributed by atoms with Crippen molar-refractivity contribution in [1.29, 1.82) is 0 Å². The highest BCUT2D eigenvalue weighted by Gasteiger charge is 2.16. The minimum atomic E-state index is 0.0648. The smallest absolute Gasteiger partial charge is 0.238 e. The van der Waals surface area contributed by atoms with Crippen LogP contribution in [-0.2, 0) is 4.79 Å². The number of piperidine rings is 1. The van der Waals surface area contributed by atoms with Gasteiger partial charge in [0.2, 0.25) is 5.91 Å². The van der Waals surface area contributed by atoms with E-state index in [1.165, 1.54) is 18.4 Å². The van der Waals surface area contributed by atoms with Crippen molar-refractivity contribution in [1.82, 2.24) is 10.2 Å². The molecule has 4 heteroatoms. The maximum atomic E-state index is 12.2. The molecule has 21 heavy (non-hydrogen) atoms. The fourth-order valence-corrected chi connectivity index (χ4v) is 2.91. The van der Waals surface area contributed by atoms with Gasteiger partial charge in [0.05, 0.1) is 6.54 Å². The van der Waals surface area contributed by atoms with E-state index >= 15 is 0 Å². The molecule has 1 fully saturated rings. The minimum Gasteiger partial charge on any atom is -0.325 e. The number of amides is 1. The number of benzene rings is 1. The highest BCUT2D eigenvalue weighted by Crippen LogP contribution is 2.18. The maximum absolute atomic E-state index is 12.2. The molecule has 1 amide bonds. The number of nitrogens with zero attached hydrogens (tertiary/aromatic N) is 1. The molecule has 0 saturated carbocycles. The Labute approximate surface area is 127 Å². The lowest BCUT2D eigenvalue weighted by Gasteiger charge is -2.27. The summed E-state index contributed by atoms with van der Waals surface area (Å²) in [6.07, 6.45) is 2.50. The van der Waals surface area contributed by atoms with Crippen LogP contribution >= 0.6 is 0 Å². The van der Waals surface area contributed by atoms with Crippen molar-refractivity contribution >= 4 is 11.6 Å². The molecule has 2 rings (SSSR count). The van der Waals surface area contributed by atoms with Crippen molar-refractivity contribution in [3.8, 4) is 0 Å². The minimum absolute atomic E-state index is 0.0648. The molecule has 4 nitrogen and oxygen atoms in total. The summed E-state index contributed by atoms with van der Waals surface area (Å²) in [5.74, 6) is 0.729. The zero-order valence-corrected chi connectivity index (χ0v) is 13.4. The first-order valence-corrected chi connectivity index (χ1v) is 7.81. The second kappa shape index (κ2) is 7.57. The van der Waals surface area contributed by atoms with Gasteiger partial charge in [-0.15, -0.1) is 0 Å². The molecule has 0 aromatic heterocycles. The molecule has 1 aromatic carbocycles. The molecule has 0 radical (unpaired) electrons. The molecule has 116 valence electrons. The quantitative estimate of drug-likeness (QED) is 0.873. The van der Waals surface area contributed by atoms with Gasteiger partial charge in [-0.25, -0.2) is 0 Å². The van der Waals surface area contributed by atoms with E-state index in [1.54, 1.807) is 0 Å². The van der Waals surface area contributed by atoms with Gasteiger partial charge in [-0.1, -0.05) is 12.1 Å². The topological polar surface area (TPSA) is 44.4 Å². The average Bonchev–Trinajstić information content (AvgIpc) is 2.44. The number of rotatable bonds is 5. The largest absolute Gasteiger partial charge is 0.325 e. The Hall–Kier alpha value is -1.39. The predicted molar refractivity (Wildman–Crippen MR) is 87.6 cm³/mol. The maximum Gasteiger partial charge on any atom is 0.238 e. The van der Waals surface area contributed by atoms with E-state index in [0.29, 0.717) is 12.5 Å². The Morgan fingerprint density at radius 3 is 2.95 bits per heavy atom. The zero-order valence-electron chi connectivity index (χ0n) is 13.4. The van der Waals surface area contributed by atoms with Gasteiger partial charge in [-0.3, -0.25) is 9.69 Å². The molecule has 0 bridgehead atoms. The zero-order chi connectivity index (χ0) is 15.2. The van der Waals surface area contributed by atoms with Crippen LogP contribution in [0.2, 0.25) is 0 Å². The number of carbonyl (C=O) groups excluding carboxylic acids is 1. The molecule has 2 N–H and O–H groups in total. The number of hydrogen-bond donors (Lipinski definition) is 2. The number of hydrogen-bond acceptors (Lipinski definition) is 3. The third-order valence-electron chi connectivity index (χ3n) is 4.26. The Kier molecular flexibility index (Phi) is 5.76. The molecule has 0 spiro atoms. The molecule has 1 unspecified atom stereocenters. The van der Waals surface area contributed by atoms with Crippen molar-refractivity contribution in [2.24, 2.45) is 5.92 Å². The SMILES string of the molecule is Cc1cccc(NC(=O)CN(C)CC2CCCNC2)c1C. The Morgan fingerprint density at radius 2 is 2.24 bits per heavy atom. The van der Waals surface area contributed by atoms with E-state index in [9.17, 15) is 4.79 Å². The van der Waals surface area contributed by atoms with Crippen molar-refractivity contribution in [3.63, 3.8) is 0 Å². The van der Waals surface area contributed by atoms with Crippen molar-refractivity contribution in [3.05, 3.63) is 29.3 Å². The van der Waals surface area contributed by atoms with Crippen LogP contribution in [0.1, 0.15) is 24.0 Å². The second-order valence-corrected chi connectivity index (χ2v) is 6.20. The van der Waals surface area contributed by atoms with Crippen LogP contribution < -0.4 is 10.6 Å². The van der Waals surface area contributed by atoms with Crippen LogP contribution in [-0.4, -0.2) is 44.0 Å². The molecule has 1 atom stereocenters. The molecule has 1 heterocycles. The number of carbonyl (C=O) groups is 1. The highest BCUT2D eigenvalue weighted by atomic mass is 16.2. The van der Waals surface area contributed by atoms with Gasteiger partial charge in [0.15, 0.2) is 0 Å². The van der Waals surface area contributed by atoms with E-state index in [-0.39, 0.29) is 5.91 Å². The molecule has 1 saturated heterocycles. The van der Waals surface area contributed by atoms with E-state index < -0.39 is 0 Å². The third kappa shape index (κ3) is 4.83. The highest BCUT2D eigenvalue weighted by molar-refractivity contribution is 5.93. The summed E-state index contributed by atoms with van der Waals surface area (Å²) in [4.78, 5) is 14.3. The summed E-state index contributed by atoms with van der Waals surface area (Å²) in [6.45, 7) is 7.74. The predicted octanol–water partition coefficient (Wildman–Crippen LogP) is 2.17. The van der Waals surface area contributed by atoms with E-state index in [2.05, 4.69) is 28.5 Å². The first kappa shape index (κ1) is 16.0. The second-order valence-electron chi connectivity index (χ2n) is 6.20. The summed E-state index contributed by atoms with van der Waals surface area (Å²) >= 11 is 0. The first-order valence-electron chi connectivity index (χ1n) is 7.81. The fraction of sp³-hybridized carbons (Fsp3) is 0.588. The normalized spacial score (nSPS) is 18.8. The molecule has 1 aromatic rings. The van der Waals surface area contributed by atoms with Crippen LogP contribution in [0.5, 0.6) is 0 Å². The Morgan fingerprint density at radius 1 is 1.43 bits per heavy atom. The molecular formula is C17H27N3O. The van der Waals surface area contributed by atoms with Gasteiger partial charge in [-0.05, 0) is 69.9 Å². The monoisotopic (exact) mass is 289 g/mol. The van der Waals surface area contributed by atoms with Crippen LogP contribution in [0.25, 0.3) is 0 Å². The van der Waals surface area contributed by atoms with Crippen LogP contribution in [0.4, 0.5) is 5.69 Å². The molecule has 0 aliphatic carbocycles. The molecule has 1 aliphatic rings. The number of nitrogens with one attached hydrogen (secondary N) is 2. The summed E-state index contributed by atoms with van der Waals surface area (Å²) in [6, 6.07) is 6.01.